The van der Waals surface area contributed by atoms with Crippen molar-refractivity contribution < 1.29 is 0 Å². The molecule has 1 heterocycles. The average Bonchev–Trinajstić information content (AvgIpc) is 2.44. The highest BCUT2D eigenvalue weighted by atomic mass is 127. The largest absolute Gasteiger partial charge is 0.268 e. The number of fused-ring (bicyclic) bond motifs is 1. The Hall–Kier alpha value is -1.40. The highest BCUT2D eigenvalue weighted by Gasteiger charge is 2.14. The zero-order valence-electron chi connectivity index (χ0n) is 12.4. The van der Waals surface area contributed by atoms with Gasteiger partial charge >= 0.3 is 0 Å². The predicted octanol–water partition coefficient (Wildman–Crippen LogP) is 4.57. The first-order valence-electron chi connectivity index (χ1n) is 6.85. The molecule has 0 saturated carbocycles. The van der Waals surface area contributed by atoms with Gasteiger partial charge in [-0.05, 0) is 66.6 Å². The van der Waals surface area contributed by atoms with Gasteiger partial charge in [0.15, 0.2) is 0 Å². The molecule has 0 fully saturated rings. The molecule has 0 aliphatic carbocycles. The molecule has 0 aliphatic heterocycles. The molecule has 2 aromatic carbocycles. The summed E-state index contributed by atoms with van der Waals surface area (Å²) in [6, 6.07) is 9.55. The number of nitrogens with zero attached hydrogens (tertiary/aromatic N) is 2. The number of halogens is 2. The molecule has 3 aromatic rings. The minimum Gasteiger partial charge on any atom is -0.268 e. The van der Waals surface area contributed by atoms with Crippen LogP contribution in [0, 0.1) is 24.3 Å². The summed E-state index contributed by atoms with van der Waals surface area (Å²) in [5, 5.41) is 1.20. The normalized spacial score (nSPS) is 11.1. The van der Waals surface area contributed by atoms with Gasteiger partial charge in [0.05, 0.1) is 21.6 Å². The van der Waals surface area contributed by atoms with Crippen molar-refractivity contribution in [2.24, 2.45) is 0 Å². The van der Waals surface area contributed by atoms with Crippen molar-refractivity contribution >= 4 is 45.1 Å². The second kappa shape index (κ2) is 5.66. The lowest BCUT2D eigenvalue weighted by Gasteiger charge is -2.16. The van der Waals surface area contributed by atoms with Crippen molar-refractivity contribution in [3.05, 3.63) is 66.2 Å². The maximum Gasteiger partial charge on any atom is 0.266 e. The van der Waals surface area contributed by atoms with Gasteiger partial charge in [0.2, 0.25) is 0 Å². The van der Waals surface area contributed by atoms with Crippen LogP contribution in [0.4, 0.5) is 0 Å². The van der Waals surface area contributed by atoms with E-state index >= 15 is 0 Å². The van der Waals surface area contributed by atoms with Crippen LogP contribution in [-0.2, 0) is 0 Å². The number of para-hydroxylation sites is 1. The Balaban J connectivity index is 2.46. The van der Waals surface area contributed by atoms with E-state index < -0.39 is 0 Å². The van der Waals surface area contributed by atoms with Crippen molar-refractivity contribution in [1.29, 1.82) is 0 Å². The van der Waals surface area contributed by atoms with Crippen LogP contribution in [0.25, 0.3) is 16.6 Å². The summed E-state index contributed by atoms with van der Waals surface area (Å²) in [7, 11) is 0. The van der Waals surface area contributed by atoms with E-state index in [2.05, 4.69) is 27.6 Å². The summed E-state index contributed by atoms with van der Waals surface area (Å²) in [6.07, 6.45) is 0. The molecule has 0 spiro atoms. The number of benzene rings is 2. The van der Waals surface area contributed by atoms with E-state index in [0.717, 1.165) is 20.4 Å². The highest BCUT2D eigenvalue weighted by Crippen LogP contribution is 2.24. The lowest BCUT2D eigenvalue weighted by Crippen LogP contribution is -2.24. The van der Waals surface area contributed by atoms with Crippen molar-refractivity contribution in [2.75, 3.05) is 0 Å². The fourth-order valence-electron chi connectivity index (χ4n) is 2.71. The topological polar surface area (TPSA) is 34.9 Å². The molecule has 0 unspecified atom stereocenters. The first-order chi connectivity index (χ1) is 10.4. The van der Waals surface area contributed by atoms with Crippen LogP contribution in [-0.4, -0.2) is 9.55 Å². The van der Waals surface area contributed by atoms with Gasteiger partial charge in [-0.25, -0.2) is 4.98 Å². The summed E-state index contributed by atoms with van der Waals surface area (Å²) in [4.78, 5) is 17.6. The van der Waals surface area contributed by atoms with Gasteiger partial charge in [0.1, 0.15) is 5.82 Å². The van der Waals surface area contributed by atoms with Crippen molar-refractivity contribution in [1.82, 2.24) is 9.55 Å². The van der Waals surface area contributed by atoms with Crippen molar-refractivity contribution in [2.45, 2.75) is 20.8 Å². The molecule has 5 heteroatoms. The van der Waals surface area contributed by atoms with Crippen LogP contribution in [0.3, 0.4) is 0 Å². The minimum absolute atomic E-state index is 0.0607. The molecule has 0 amide bonds. The summed E-state index contributed by atoms with van der Waals surface area (Å²) >= 11 is 8.27. The van der Waals surface area contributed by atoms with E-state index in [1.807, 2.05) is 39.0 Å². The standard InChI is InChI=1S/C17H14ClIN2O/c1-9-5-4-6-10(2)16(9)21-11(3)20-15-8-13(18)14(19)7-12(15)17(21)22/h4-8H,1-3H3. The molecule has 112 valence electrons. The first-order valence-corrected chi connectivity index (χ1v) is 8.31. The lowest BCUT2D eigenvalue weighted by atomic mass is 10.1. The predicted molar refractivity (Wildman–Crippen MR) is 99.3 cm³/mol. The molecule has 1 aromatic heterocycles. The van der Waals surface area contributed by atoms with Crippen LogP contribution >= 0.6 is 34.2 Å². The summed E-state index contributed by atoms with van der Waals surface area (Å²) < 4.78 is 2.54. The Morgan fingerprint density at radius 1 is 1.14 bits per heavy atom. The molecule has 0 N–H and O–H groups in total. The van der Waals surface area contributed by atoms with E-state index in [-0.39, 0.29) is 5.56 Å². The van der Waals surface area contributed by atoms with Gasteiger partial charge in [-0.1, -0.05) is 29.8 Å². The first kappa shape index (κ1) is 15.5. The van der Waals surface area contributed by atoms with Crippen LogP contribution in [0.5, 0.6) is 0 Å². The molecule has 0 aliphatic rings. The number of rotatable bonds is 1. The van der Waals surface area contributed by atoms with E-state index in [0.29, 0.717) is 21.7 Å². The second-order valence-corrected chi connectivity index (χ2v) is 6.89. The fraction of sp³-hybridized carbons (Fsp3) is 0.176. The van der Waals surface area contributed by atoms with Gasteiger partial charge in [0, 0.05) is 3.57 Å². The van der Waals surface area contributed by atoms with Crippen LogP contribution in [0.1, 0.15) is 17.0 Å². The van der Waals surface area contributed by atoms with E-state index in [1.54, 1.807) is 16.7 Å². The van der Waals surface area contributed by atoms with Crippen LogP contribution in [0.15, 0.2) is 35.1 Å². The van der Waals surface area contributed by atoms with E-state index in [4.69, 9.17) is 11.6 Å². The Labute approximate surface area is 147 Å². The van der Waals surface area contributed by atoms with Gasteiger partial charge in [-0.2, -0.15) is 0 Å². The third kappa shape index (κ3) is 2.44. The fourth-order valence-corrected chi connectivity index (χ4v) is 3.34. The van der Waals surface area contributed by atoms with Gasteiger partial charge < -0.3 is 0 Å². The maximum atomic E-state index is 13.0. The third-order valence-corrected chi connectivity index (χ3v) is 5.27. The molecule has 0 atom stereocenters. The zero-order chi connectivity index (χ0) is 16.0. The molecule has 0 bridgehead atoms. The monoisotopic (exact) mass is 424 g/mol. The number of aromatic nitrogens is 2. The third-order valence-electron chi connectivity index (χ3n) is 3.74. The highest BCUT2D eigenvalue weighted by molar-refractivity contribution is 14.1. The molecule has 22 heavy (non-hydrogen) atoms. The second-order valence-electron chi connectivity index (χ2n) is 5.32. The molecule has 0 radical (unpaired) electrons. The SMILES string of the molecule is Cc1cccc(C)c1-n1c(C)nc2cc(Cl)c(I)cc2c1=O. The molecule has 0 saturated heterocycles. The van der Waals surface area contributed by atoms with E-state index in [1.165, 1.54) is 0 Å². The smallest absolute Gasteiger partial charge is 0.266 e. The Kier molecular flexibility index (Phi) is 3.99. The Bertz CT molecular complexity index is 943. The van der Waals surface area contributed by atoms with Crippen molar-refractivity contribution in [3.8, 4) is 5.69 Å². The molecular weight excluding hydrogens is 411 g/mol. The zero-order valence-corrected chi connectivity index (χ0v) is 15.4. The maximum absolute atomic E-state index is 13.0. The lowest BCUT2D eigenvalue weighted by molar-refractivity contribution is 0.880. The van der Waals surface area contributed by atoms with Crippen LogP contribution in [0.2, 0.25) is 5.02 Å². The van der Waals surface area contributed by atoms with Gasteiger partial charge in [-0.3, -0.25) is 9.36 Å². The molecule has 3 nitrogen and oxygen atoms in total. The Morgan fingerprint density at radius 3 is 2.41 bits per heavy atom. The number of hydrogen-bond donors (Lipinski definition) is 0. The van der Waals surface area contributed by atoms with Crippen LogP contribution < -0.4 is 5.56 Å². The molecular formula is C17H14ClIN2O. The average molecular weight is 425 g/mol. The quantitative estimate of drug-likeness (QED) is 0.537. The number of hydrogen-bond acceptors (Lipinski definition) is 2. The number of aryl methyl sites for hydroxylation is 3. The van der Waals surface area contributed by atoms with Crippen molar-refractivity contribution in [3.63, 3.8) is 0 Å². The summed E-state index contributed by atoms with van der Waals surface area (Å²) in [5.74, 6) is 0.659. The van der Waals surface area contributed by atoms with E-state index in [9.17, 15) is 4.79 Å². The molecule has 3 rings (SSSR count). The van der Waals surface area contributed by atoms with Gasteiger partial charge in [-0.15, -0.1) is 0 Å². The van der Waals surface area contributed by atoms with Gasteiger partial charge in [0.25, 0.3) is 5.56 Å². The Morgan fingerprint density at radius 2 is 1.77 bits per heavy atom. The summed E-state index contributed by atoms with van der Waals surface area (Å²) in [6.45, 7) is 5.85. The summed E-state index contributed by atoms with van der Waals surface area (Å²) in [5.41, 5.74) is 3.58. The minimum atomic E-state index is -0.0607.